The highest BCUT2D eigenvalue weighted by molar-refractivity contribution is 5.95. The van der Waals surface area contributed by atoms with Crippen molar-refractivity contribution >= 4 is 11.9 Å². The molecule has 1 atom stereocenters. The average molecular weight is 287 g/mol. The van der Waals surface area contributed by atoms with Crippen LogP contribution in [-0.4, -0.2) is 23.5 Å². The second-order valence-electron chi connectivity index (χ2n) is 5.08. The van der Waals surface area contributed by atoms with E-state index in [0.717, 1.165) is 0 Å². The summed E-state index contributed by atoms with van der Waals surface area (Å²) in [5.41, 5.74) is -0.133. The van der Waals surface area contributed by atoms with Crippen molar-refractivity contribution in [2.75, 3.05) is 6.54 Å². The summed E-state index contributed by atoms with van der Waals surface area (Å²) in [6.07, 6.45) is 1.43. The summed E-state index contributed by atoms with van der Waals surface area (Å²) in [6.45, 7) is 3.27. The summed E-state index contributed by atoms with van der Waals surface area (Å²) in [6, 6.07) is 10.4. The first-order valence-corrected chi connectivity index (χ1v) is 6.56. The van der Waals surface area contributed by atoms with Crippen LogP contribution in [0.2, 0.25) is 0 Å². The van der Waals surface area contributed by atoms with Crippen LogP contribution >= 0.6 is 0 Å². The molecular formula is C16H17NO4. The molecule has 5 heteroatoms. The van der Waals surface area contributed by atoms with E-state index < -0.39 is 11.4 Å². The van der Waals surface area contributed by atoms with Gasteiger partial charge in [0.15, 0.2) is 0 Å². The molecule has 1 aromatic carbocycles. The van der Waals surface area contributed by atoms with Crippen molar-refractivity contribution in [1.82, 2.24) is 5.32 Å². The quantitative estimate of drug-likeness (QED) is 0.884. The van der Waals surface area contributed by atoms with Gasteiger partial charge in [-0.3, -0.25) is 9.59 Å². The van der Waals surface area contributed by atoms with Gasteiger partial charge in [-0.25, -0.2) is 0 Å². The van der Waals surface area contributed by atoms with Crippen LogP contribution in [0.3, 0.4) is 0 Å². The molecule has 0 radical (unpaired) electrons. The number of nitrogens with one attached hydrogen (secondary N) is 1. The zero-order valence-electron chi connectivity index (χ0n) is 11.9. The number of aryl methyl sites for hydroxylation is 1. The van der Waals surface area contributed by atoms with Gasteiger partial charge in [-0.1, -0.05) is 30.3 Å². The minimum Gasteiger partial charge on any atom is -0.481 e. The predicted molar refractivity (Wildman–Crippen MR) is 77.2 cm³/mol. The van der Waals surface area contributed by atoms with E-state index in [1.54, 1.807) is 44.2 Å². The lowest BCUT2D eigenvalue weighted by Gasteiger charge is -2.25. The van der Waals surface area contributed by atoms with Gasteiger partial charge in [0.05, 0.1) is 11.8 Å². The molecule has 110 valence electrons. The molecule has 0 saturated carbocycles. The van der Waals surface area contributed by atoms with Crippen LogP contribution in [0, 0.1) is 6.92 Å². The van der Waals surface area contributed by atoms with E-state index in [1.807, 2.05) is 6.07 Å². The van der Waals surface area contributed by atoms with Crippen molar-refractivity contribution in [3.05, 3.63) is 59.5 Å². The number of carbonyl (C=O) groups excluding carboxylic acids is 1. The van der Waals surface area contributed by atoms with Crippen molar-refractivity contribution < 1.29 is 19.1 Å². The number of carboxylic acids is 1. The van der Waals surface area contributed by atoms with Gasteiger partial charge in [-0.05, 0) is 25.5 Å². The lowest BCUT2D eigenvalue weighted by Crippen LogP contribution is -2.44. The number of furan rings is 1. The maximum absolute atomic E-state index is 12.1. The number of hydrogen-bond acceptors (Lipinski definition) is 3. The summed E-state index contributed by atoms with van der Waals surface area (Å²) < 4.78 is 5.07. The van der Waals surface area contributed by atoms with Crippen molar-refractivity contribution in [2.24, 2.45) is 0 Å². The van der Waals surface area contributed by atoms with Crippen LogP contribution in [-0.2, 0) is 10.2 Å². The Morgan fingerprint density at radius 3 is 2.43 bits per heavy atom. The predicted octanol–water partition coefficient (Wildman–Crippen LogP) is 2.36. The van der Waals surface area contributed by atoms with Crippen LogP contribution in [0.5, 0.6) is 0 Å². The van der Waals surface area contributed by atoms with Crippen LogP contribution in [0.15, 0.2) is 47.1 Å². The Morgan fingerprint density at radius 1 is 1.24 bits per heavy atom. The third kappa shape index (κ3) is 2.97. The van der Waals surface area contributed by atoms with Gasteiger partial charge in [0.1, 0.15) is 11.2 Å². The molecule has 0 aliphatic carbocycles. The molecule has 0 aliphatic rings. The van der Waals surface area contributed by atoms with Crippen LogP contribution in [0.1, 0.15) is 28.6 Å². The number of rotatable bonds is 5. The molecule has 1 amide bonds. The third-order valence-electron chi connectivity index (χ3n) is 3.59. The summed E-state index contributed by atoms with van der Waals surface area (Å²) in [5, 5.41) is 12.2. The van der Waals surface area contributed by atoms with E-state index in [2.05, 4.69) is 5.32 Å². The molecule has 1 heterocycles. The van der Waals surface area contributed by atoms with E-state index >= 15 is 0 Å². The Morgan fingerprint density at radius 2 is 1.90 bits per heavy atom. The van der Waals surface area contributed by atoms with Crippen LogP contribution < -0.4 is 5.32 Å². The number of hydrogen-bond donors (Lipinski definition) is 2. The molecule has 2 rings (SSSR count). The fourth-order valence-electron chi connectivity index (χ4n) is 2.08. The van der Waals surface area contributed by atoms with Gasteiger partial charge < -0.3 is 14.8 Å². The number of benzene rings is 1. The first-order valence-electron chi connectivity index (χ1n) is 6.56. The average Bonchev–Trinajstić information content (AvgIpc) is 2.91. The maximum Gasteiger partial charge on any atom is 0.315 e. The number of amides is 1. The lowest BCUT2D eigenvalue weighted by atomic mass is 9.82. The van der Waals surface area contributed by atoms with Crippen LogP contribution in [0.4, 0.5) is 0 Å². The highest BCUT2D eigenvalue weighted by Crippen LogP contribution is 2.23. The zero-order chi connectivity index (χ0) is 15.5. The SMILES string of the molecule is Cc1occc1C(=O)NCC(C)(C(=O)O)c1ccccc1. The second kappa shape index (κ2) is 5.83. The lowest BCUT2D eigenvalue weighted by molar-refractivity contribution is -0.142. The van der Waals surface area contributed by atoms with Crippen molar-refractivity contribution in [1.29, 1.82) is 0 Å². The molecule has 0 fully saturated rings. The van der Waals surface area contributed by atoms with Crippen molar-refractivity contribution in [3.63, 3.8) is 0 Å². The van der Waals surface area contributed by atoms with Crippen LogP contribution in [0.25, 0.3) is 0 Å². The first-order chi connectivity index (χ1) is 9.95. The summed E-state index contributed by atoms with van der Waals surface area (Å²) in [4.78, 5) is 23.7. The first kappa shape index (κ1) is 14.8. The molecule has 0 bridgehead atoms. The minimum atomic E-state index is -1.19. The summed E-state index contributed by atoms with van der Waals surface area (Å²) >= 11 is 0. The van der Waals surface area contributed by atoms with Gasteiger partial charge in [0.2, 0.25) is 0 Å². The minimum absolute atomic E-state index is 0.00417. The summed E-state index contributed by atoms with van der Waals surface area (Å²) in [7, 11) is 0. The second-order valence-corrected chi connectivity index (χ2v) is 5.08. The van der Waals surface area contributed by atoms with Crippen molar-refractivity contribution in [3.8, 4) is 0 Å². The van der Waals surface area contributed by atoms with Gasteiger partial charge >= 0.3 is 5.97 Å². The Hall–Kier alpha value is -2.56. The van der Waals surface area contributed by atoms with E-state index in [0.29, 0.717) is 16.9 Å². The maximum atomic E-state index is 12.1. The smallest absolute Gasteiger partial charge is 0.315 e. The van der Waals surface area contributed by atoms with Gasteiger partial charge in [0.25, 0.3) is 5.91 Å². The van der Waals surface area contributed by atoms with E-state index in [1.165, 1.54) is 6.26 Å². The normalized spacial score (nSPS) is 13.4. The van der Waals surface area contributed by atoms with Gasteiger partial charge in [-0.2, -0.15) is 0 Å². The van der Waals surface area contributed by atoms with E-state index in [4.69, 9.17) is 4.42 Å². The molecule has 2 N–H and O–H groups in total. The van der Waals surface area contributed by atoms with Gasteiger partial charge in [0, 0.05) is 6.54 Å². The summed E-state index contributed by atoms with van der Waals surface area (Å²) in [5.74, 6) is -0.827. The van der Waals surface area contributed by atoms with Gasteiger partial charge in [-0.15, -0.1) is 0 Å². The largest absolute Gasteiger partial charge is 0.481 e. The van der Waals surface area contributed by atoms with Crippen molar-refractivity contribution in [2.45, 2.75) is 19.3 Å². The molecule has 0 spiro atoms. The monoisotopic (exact) mass is 287 g/mol. The molecule has 5 nitrogen and oxygen atoms in total. The van der Waals surface area contributed by atoms with E-state index in [9.17, 15) is 14.7 Å². The molecule has 0 aliphatic heterocycles. The zero-order valence-corrected chi connectivity index (χ0v) is 11.9. The molecule has 1 aromatic heterocycles. The Bertz CT molecular complexity index is 647. The molecule has 2 aromatic rings. The number of carboxylic acid groups (broad SMARTS) is 1. The molecule has 1 unspecified atom stereocenters. The number of aliphatic carboxylic acids is 1. The molecular weight excluding hydrogens is 270 g/mol. The van der Waals surface area contributed by atoms with E-state index in [-0.39, 0.29) is 12.5 Å². The third-order valence-corrected chi connectivity index (χ3v) is 3.59. The fraction of sp³-hybridized carbons (Fsp3) is 0.250. The fourth-order valence-corrected chi connectivity index (χ4v) is 2.08. The Labute approximate surface area is 122 Å². The molecule has 0 saturated heterocycles. The molecule has 21 heavy (non-hydrogen) atoms. The number of carbonyl (C=O) groups is 2. The Balaban J connectivity index is 2.17. The standard InChI is InChI=1S/C16H17NO4/c1-11-13(8-9-21-11)14(18)17-10-16(2,15(19)20)12-6-4-3-5-7-12/h3-9H,10H2,1-2H3,(H,17,18)(H,19,20). The highest BCUT2D eigenvalue weighted by Gasteiger charge is 2.35. The topological polar surface area (TPSA) is 79.5 Å². The highest BCUT2D eigenvalue weighted by atomic mass is 16.4. The Kier molecular flexibility index (Phi) is 4.12.